The Bertz CT molecular complexity index is 1120. The van der Waals surface area contributed by atoms with Gasteiger partial charge in [-0.15, -0.1) is 0 Å². The summed E-state index contributed by atoms with van der Waals surface area (Å²) in [6, 6.07) is 16.3. The van der Waals surface area contributed by atoms with Gasteiger partial charge in [-0.3, -0.25) is 0 Å². The molecule has 0 unspecified atom stereocenters. The maximum absolute atomic E-state index is 11.1. The van der Waals surface area contributed by atoms with Crippen LogP contribution in [0.4, 0.5) is 11.6 Å². The number of ether oxygens (including phenoxy) is 2. The molecule has 0 aliphatic rings. The van der Waals surface area contributed by atoms with Gasteiger partial charge in [-0.25, -0.2) is 18.1 Å². The Morgan fingerprint density at radius 1 is 1.03 bits per heavy atom. The lowest BCUT2D eigenvalue weighted by molar-refractivity contribution is 0.415. The minimum absolute atomic E-state index is 0.254. The Hall–Kier alpha value is -2.88. The number of nitrogens with one attached hydrogen (secondary N) is 1. The van der Waals surface area contributed by atoms with E-state index in [0.29, 0.717) is 30.5 Å². The largest absolute Gasteiger partial charge is 0.497 e. The van der Waals surface area contributed by atoms with E-state index in [1.165, 1.54) is 6.07 Å². The molecule has 3 rings (SSSR count). The molecule has 1 aromatic heterocycles. The SMILES string of the molecule is COc1ccc(N(C)c2nc(Cl)cc(Oc3ccc(CCNS(C)(=O)=O)cc3)n2)cc1. The van der Waals surface area contributed by atoms with E-state index in [-0.39, 0.29) is 5.15 Å². The molecule has 31 heavy (non-hydrogen) atoms. The van der Waals surface area contributed by atoms with Crippen molar-refractivity contribution in [2.75, 3.05) is 31.9 Å². The molecule has 8 nitrogen and oxygen atoms in total. The highest BCUT2D eigenvalue weighted by Gasteiger charge is 2.12. The van der Waals surface area contributed by atoms with Gasteiger partial charge in [0, 0.05) is 25.3 Å². The summed E-state index contributed by atoms with van der Waals surface area (Å²) in [7, 11) is 0.249. The maximum atomic E-state index is 11.1. The third kappa shape index (κ3) is 6.81. The summed E-state index contributed by atoms with van der Waals surface area (Å²) in [4.78, 5) is 10.5. The number of sulfonamides is 1. The summed E-state index contributed by atoms with van der Waals surface area (Å²) in [5.41, 5.74) is 1.84. The fourth-order valence-corrected chi connectivity index (χ4v) is 3.38. The molecule has 1 N–H and O–H groups in total. The van der Waals surface area contributed by atoms with Gasteiger partial charge in [0.05, 0.1) is 13.4 Å². The molecule has 0 aliphatic carbocycles. The molecule has 0 bridgehead atoms. The molecule has 164 valence electrons. The average Bonchev–Trinajstić information content (AvgIpc) is 2.73. The van der Waals surface area contributed by atoms with Crippen LogP contribution in [0.25, 0.3) is 0 Å². The number of nitrogens with zero attached hydrogens (tertiary/aromatic N) is 3. The number of hydrogen-bond acceptors (Lipinski definition) is 7. The first-order valence-corrected chi connectivity index (χ1v) is 11.6. The van der Waals surface area contributed by atoms with Crippen LogP contribution in [0.1, 0.15) is 5.56 Å². The van der Waals surface area contributed by atoms with Crippen molar-refractivity contribution >= 4 is 33.3 Å². The second-order valence-corrected chi connectivity index (χ2v) is 8.97. The monoisotopic (exact) mass is 462 g/mol. The zero-order valence-corrected chi connectivity index (χ0v) is 18.9. The number of aromatic nitrogens is 2. The van der Waals surface area contributed by atoms with Gasteiger partial charge < -0.3 is 14.4 Å². The van der Waals surface area contributed by atoms with Crippen molar-refractivity contribution in [2.45, 2.75) is 6.42 Å². The van der Waals surface area contributed by atoms with Crippen LogP contribution in [0, 0.1) is 0 Å². The zero-order chi connectivity index (χ0) is 22.4. The molecule has 0 fully saturated rings. The third-order valence-corrected chi connectivity index (χ3v) is 5.27. The molecule has 10 heteroatoms. The molecular weight excluding hydrogens is 440 g/mol. The second kappa shape index (κ2) is 9.95. The zero-order valence-electron chi connectivity index (χ0n) is 17.4. The van der Waals surface area contributed by atoms with Crippen LogP contribution in [0.15, 0.2) is 54.6 Å². The molecule has 0 atom stereocenters. The van der Waals surface area contributed by atoms with E-state index in [1.54, 1.807) is 24.1 Å². The first-order valence-electron chi connectivity index (χ1n) is 9.37. The summed E-state index contributed by atoms with van der Waals surface area (Å²) in [6.45, 7) is 0.335. The number of rotatable bonds is 9. The number of hydrogen-bond donors (Lipinski definition) is 1. The fourth-order valence-electron chi connectivity index (χ4n) is 2.73. The maximum Gasteiger partial charge on any atom is 0.234 e. The normalized spacial score (nSPS) is 11.2. The van der Waals surface area contributed by atoms with Crippen LogP contribution < -0.4 is 19.1 Å². The lowest BCUT2D eigenvalue weighted by Gasteiger charge is -2.18. The van der Waals surface area contributed by atoms with Gasteiger partial charge in [-0.05, 0) is 48.4 Å². The molecule has 0 radical (unpaired) electrons. The summed E-state index contributed by atoms with van der Waals surface area (Å²) in [5, 5.41) is 0.254. The second-order valence-electron chi connectivity index (χ2n) is 6.75. The summed E-state index contributed by atoms with van der Waals surface area (Å²) >= 11 is 6.18. The van der Waals surface area contributed by atoms with E-state index in [1.807, 2.05) is 43.4 Å². The Morgan fingerprint density at radius 2 is 1.68 bits per heavy atom. The Kier molecular flexibility index (Phi) is 7.32. The van der Waals surface area contributed by atoms with Crippen LogP contribution in [0.5, 0.6) is 17.4 Å². The van der Waals surface area contributed by atoms with Gasteiger partial charge in [-0.2, -0.15) is 4.98 Å². The first-order chi connectivity index (χ1) is 14.7. The van der Waals surface area contributed by atoms with Crippen LogP contribution >= 0.6 is 11.6 Å². The van der Waals surface area contributed by atoms with Crippen molar-refractivity contribution < 1.29 is 17.9 Å². The van der Waals surface area contributed by atoms with Crippen LogP contribution in [-0.2, 0) is 16.4 Å². The Morgan fingerprint density at radius 3 is 2.29 bits per heavy atom. The van der Waals surface area contributed by atoms with Gasteiger partial charge in [-0.1, -0.05) is 23.7 Å². The van der Waals surface area contributed by atoms with E-state index in [0.717, 1.165) is 23.3 Å². The van der Waals surface area contributed by atoms with Crippen LogP contribution in [0.2, 0.25) is 5.15 Å². The van der Waals surface area contributed by atoms with Gasteiger partial charge in [0.2, 0.25) is 21.9 Å². The third-order valence-electron chi connectivity index (χ3n) is 4.34. The minimum Gasteiger partial charge on any atom is -0.497 e. The first kappa shape index (κ1) is 22.8. The van der Waals surface area contributed by atoms with E-state index in [4.69, 9.17) is 21.1 Å². The molecule has 0 saturated carbocycles. The lowest BCUT2D eigenvalue weighted by atomic mass is 10.1. The van der Waals surface area contributed by atoms with Crippen molar-refractivity contribution in [3.05, 3.63) is 65.3 Å². The molecular formula is C21H23ClN4O4S. The van der Waals surface area contributed by atoms with Gasteiger partial charge in [0.25, 0.3) is 0 Å². The highest BCUT2D eigenvalue weighted by atomic mass is 35.5. The predicted octanol–water partition coefficient (Wildman–Crippen LogP) is 3.79. The highest BCUT2D eigenvalue weighted by molar-refractivity contribution is 7.88. The van der Waals surface area contributed by atoms with Crippen LogP contribution in [0.3, 0.4) is 0 Å². The van der Waals surface area contributed by atoms with Crippen molar-refractivity contribution in [3.8, 4) is 17.4 Å². The number of benzene rings is 2. The van der Waals surface area contributed by atoms with Crippen molar-refractivity contribution in [1.29, 1.82) is 0 Å². The fraction of sp³-hybridized carbons (Fsp3) is 0.238. The highest BCUT2D eigenvalue weighted by Crippen LogP contribution is 2.28. The molecule has 1 heterocycles. The van der Waals surface area contributed by atoms with E-state index in [2.05, 4.69) is 14.7 Å². The molecule has 0 spiro atoms. The van der Waals surface area contributed by atoms with Gasteiger partial charge in [0.1, 0.15) is 16.7 Å². The van der Waals surface area contributed by atoms with E-state index in [9.17, 15) is 8.42 Å². The van der Waals surface area contributed by atoms with E-state index < -0.39 is 10.0 Å². The number of halogens is 1. The number of methoxy groups -OCH3 is 1. The molecule has 0 saturated heterocycles. The predicted molar refractivity (Wildman–Crippen MR) is 121 cm³/mol. The topological polar surface area (TPSA) is 93.7 Å². The smallest absolute Gasteiger partial charge is 0.234 e. The van der Waals surface area contributed by atoms with Gasteiger partial charge >= 0.3 is 0 Å². The Balaban J connectivity index is 1.69. The van der Waals surface area contributed by atoms with Gasteiger partial charge in [0.15, 0.2) is 0 Å². The Labute approximate surface area is 186 Å². The molecule has 3 aromatic rings. The summed E-state index contributed by atoms with van der Waals surface area (Å²) < 4.78 is 35.8. The quantitative estimate of drug-likeness (QED) is 0.483. The summed E-state index contributed by atoms with van der Waals surface area (Å²) in [6.07, 6.45) is 1.71. The molecule has 2 aromatic carbocycles. The summed E-state index contributed by atoms with van der Waals surface area (Å²) in [5.74, 6) is 2.02. The van der Waals surface area contributed by atoms with Crippen molar-refractivity contribution in [2.24, 2.45) is 0 Å². The average molecular weight is 463 g/mol. The van der Waals surface area contributed by atoms with Crippen molar-refractivity contribution in [3.63, 3.8) is 0 Å². The number of anilines is 2. The lowest BCUT2D eigenvalue weighted by Crippen LogP contribution is -2.24. The van der Waals surface area contributed by atoms with Crippen LogP contribution in [-0.4, -0.2) is 45.3 Å². The van der Waals surface area contributed by atoms with Crippen molar-refractivity contribution in [1.82, 2.24) is 14.7 Å². The molecule has 0 amide bonds. The van der Waals surface area contributed by atoms with E-state index >= 15 is 0 Å². The standard InChI is InChI=1S/C21H23ClN4O4S/c1-26(16-6-10-17(29-2)11-7-16)21-24-19(22)14-20(25-21)30-18-8-4-15(5-9-18)12-13-23-31(3,27)28/h4-11,14,23H,12-13H2,1-3H3. The minimum atomic E-state index is -3.19. The molecule has 0 aliphatic heterocycles.